The molecule has 1 fully saturated rings. The van der Waals surface area contributed by atoms with Crippen LogP contribution in [0.15, 0.2) is 18.2 Å². The molecule has 0 saturated carbocycles. The number of hydrogen-bond donors (Lipinski definition) is 1. The second kappa shape index (κ2) is 8.23. The fourth-order valence-corrected chi connectivity index (χ4v) is 2.34. The lowest BCUT2D eigenvalue weighted by Gasteiger charge is -2.15. The van der Waals surface area contributed by atoms with Gasteiger partial charge in [-0.15, -0.1) is 0 Å². The maximum absolute atomic E-state index is 12.1. The van der Waals surface area contributed by atoms with E-state index >= 15 is 0 Å². The summed E-state index contributed by atoms with van der Waals surface area (Å²) in [5.41, 5.74) is 0.617. The van der Waals surface area contributed by atoms with Crippen molar-refractivity contribution in [1.29, 1.82) is 0 Å². The molecule has 1 amide bonds. The van der Waals surface area contributed by atoms with Crippen molar-refractivity contribution in [2.75, 3.05) is 20.3 Å². The van der Waals surface area contributed by atoms with E-state index in [2.05, 4.69) is 5.32 Å². The van der Waals surface area contributed by atoms with Crippen molar-refractivity contribution in [1.82, 2.24) is 5.32 Å². The Morgan fingerprint density at radius 2 is 2.17 bits per heavy atom. The Labute approximate surface area is 138 Å². The van der Waals surface area contributed by atoms with E-state index in [0.717, 1.165) is 19.4 Å². The van der Waals surface area contributed by atoms with Crippen molar-refractivity contribution in [3.05, 3.63) is 23.8 Å². The molecule has 0 spiro atoms. The minimum Gasteiger partial charge on any atom is -0.493 e. The van der Waals surface area contributed by atoms with Gasteiger partial charge < -0.3 is 19.5 Å². The Balaban J connectivity index is 1.89. The zero-order valence-electron chi connectivity index (χ0n) is 13.3. The summed E-state index contributed by atoms with van der Waals surface area (Å²) in [4.78, 5) is 11.2. The first kappa shape index (κ1) is 18.4. The average molecular weight is 347 g/mol. The number of ether oxygens (including phenoxy) is 3. The van der Waals surface area contributed by atoms with E-state index in [1.807, 2.05) is 0 Å². The number of halogens is 3. The molecule has 0 radical (unpaired) electrons. The Bertz CT molecular complexity index is 557. The predicted octanol–water partition coefficient (Wildman–Crippen LogP) is 2.82. The molecule has 0 unspecified atom stereocenters. The second-order valence-electron chi connectivity index (χ2n) is 5.50. The third-order valence-corrected chi connectivity index (χ3v) is 3.53. The monoisotopic (exact) mass is 347 g/mol. The second-order valence-corrected chi connectivity index (χ2v) is 5.50. The van der Waals surface area contributed by atoms with E-state index in [1.54, 1.807) is 18.2 Å². The number of carbonyl (C=O) groups is 1. The molecule has 24 heavy (non-hydrogen) atoms. The molecule has 1 heterocycles. The van der Waals surface area contributed by atoms with Gasteiger partial charge in [-0.05, 0) is 30.5 Å². The molecule has 1 saturated heterocycles. The van der Waals surface area contributed by atoms with Crippen LogP contribution in [-0.4, -0.2) is 38.5 Å². The first-order chi connectivity index (χ1) is 11.4. The van der Waals surface area contributed by atoms with Crippen LogP contribution >= 0.6 is 0 Å². The topological polar surface area (TPSA) is 56.8 Å². The minimum atomic E-state index is -4.51. The standard InChI is InChI=1S/C16H20F3NO4/c1-22-14-7-11(9-20-15(21)8-16(17,18)19)4-5-13(14)24-10-12-3-2-6-23-12/h4-5,7,12H,2-3,6,8-10H2,1H3,(H,20,21)/t12-/m0/s1. The van der Waals surface area contributed by atoms with E-state index in [1.165, 1.54) is 7.11 Å². The molecule has 1 N–H and O–H groups in total. The van der Waals surface area contributed by atoms with Crippen molar-refractivity contribution in [2.24, 2.45) is 0 Å². The van der Waals surface area contributed by atoms with Gasteiger partial charge in [0.2, 0.25) is 5.91 Å². The highest BCUT2D eigenvalue weighted by Crippen LogP contribution is 2.29. The van der Waals surface area contributed by atoms with Gasteiger partial charge in [0.05, 0.1) is 13.2 Å². The van der Waals surface area contributed by atoms with Crippen LogP contribution in [0.2, 0.25) is 0 Å². The number of alkyl halides is 3. The molecule has 0 aliphatic carbocycles. The van der Waals surface area contributed by atoms with Gasteiger partial charge in [0.1, 0.15) is 13.0 Å². The van der Waals surface area contributed by atoms with Gasteiger partial charge in [-0.2, -0.15) is 13.2 Å². The van der Waals surface area contributed by atoms with E-state index in [9.17, 15) is 18.0 Å². The third kappa shape index (κ3) is 5.92. The average Bonchev–Trinajstić information content (AvgIpc) is 3.03. The van der Waals surface area contributed by atoms with Crippen LogP contribution in [0.3, 0.4) is 0 Å². The van der Waals surface area contributed by atoms with Crippen LogP contribution in [-0.2, 0) is 16.1 Å². The Morgan fingerprint density at radius 1 is 1.38 bits per heavy atom. The van der Waals surface area contributed by atoms with E-state index in [0.29, 0.717) is 23.7 Å². The van der Waals surface area contributed by atoms with E-state index in [-0.39, 0.29) is 12.6 Å². The molecule has 1 atom stereocenters. The number of rotatable bonds is 7. The molecule has 134 valence electrons. The normalized spacial score (nSPS) is 17.6. The number of hydrogen-bond acceptors (Lipinski definition) is 4. The SMILES string of the molecule is COc1cc(CNC(=O)CC(F)(F)F)ccc1OC[C@@H]1CCCO1. The lowest BCUT2D eigenvalue weighted by molar-refractivity contribution is -0.153. The molecule has 1 aromatic carbocycles. The van der Waals surface area contributed by atoms with Crippen molar-refractivity contribution < 1.29 is 32.2 Å². The van der Waals surface area contributed by atoms with E-state index in [4.69, 9.17) is 14.2 Å². The Hall–Kier alpha value is -1.96. The Morgan fingerprint density at radius 3 is 2.79 bits per heavy atom. The van der Waals surface area contributed by atoms with Gasteiger partial charge in [-0.1, -0.05) is 6.07 Å². The van der Waals surface area contributed by atoms with Crippen LogP contribution in [0.1, 0.15) is 24.8 Å². The largest absolute Gasteiger partial charge is 0.493 e. The molecular formula is C16H20F3NO4. The number of nitrogens with one attached hydrogen (secondary N) is 1. The minimum absolute atomic E-state index is 0.0166. The molecule has 8 heteroatoms. The molecule has 0 aromatic heterocycles. The van der Waals surface area contributed by atoms with Gasteiger partial charge in [-0.3, -0.25) is 4.79 Å². The lowest BCUT2D eigenvalue weighted by Crippen LogP contribution is -2.28. The molecule has 1 aliphatic rings. The van der Waals surface area contributed by atoms with E-state index < -0.39 is 18.5 Å². The number of carbonyl (C=O) groups excluding carboxylic acids is 1. The summed E-state index contributed by atoms with van der Waals surface area (Å²) >= 11 is 0. The molecule has 1 aliphatic heterocycles. The summed E-state index contributed by atoms with van der Waals surface area (Å²) in [7, 11) is 1.47. The van der Waals surface area contributed by atoms with Crippen LogP contribution < -0.4 is 14.8 Å². The van der Waals surface area contributed by atoms with Crippen LogP contribution in [0.25, 0.3) is 0 Å². The predicted molar refractivity (Wildman–Crippen MR) is 80.0 cm³/mol. The van der Waals surface area contributed by atoms with Gasteiger partial charge in [0.25, 0.3) is 0 Å². The maximum atomic E-state index is 12.1. The fraction of sp³-hybridized carbons (Fsp3) is 0.562. The fourth-order valence-electron chi connectivity index (χ4n) is 2.34. The van der Waals surface area contributed by atoms with Crippen molar-refractivity contribution in [3.63, 3.8) is 0 Å². The van der Waals surface area contributed by atoms with Crippen LogP contribution in [0.4, 0.5) is 13.2 Å². The first-order valence-electron chi connectivity index (χ1n) is 7.62. The van der Waals surface area contributed by atoms with Gasteiger partial charge in [0.15, 0.2) is 11.5 Å². The van der Waals surface area contributed by atoms with Crippen LogP contribution in [0.5, 0.6) is 11.5 Å². The summed E-state index contributed by atoms with van der Waals surface area (Å²) in [5, 5.41) is 2.23. The highest BCUT2D eigenvalue weighted by Gasteiger charge is 2.30. The summed E-state index contributed by atoms with van der Waals surface area (Å²) in [6, 6.07) is 4.96. The Kier molecular flexibility index (Phi) is 6.30. The molecule has 5 nitrogen and oxygen atoms in total. The maximum Gasteiger partial charge on any atom is 0.397 e. The smallest absolute Gasteiger partial charge is 0.397 e. The molecule has 0 bridgehead atoms. The van der Waals surface area contributed by atoms with Crippen molar-refractivity contribution in [2.45, 2.75) is 38.1 Å². The third-order valence-electron chi connectivity index (χ3n) is 3.53. The first-order valence-corrected chi connectivity index (χ1v) is 7.62. The van der Waals surface area contributed by atoms with Gasteiger partial charge >= 0.3 is 6.18 Å². The van der Waals surface area contributed by atoms with Crippen molar-refractivity contribution in [3.8, 4) is 11.5 Å². The lowest BCUT2D eigenvalue weighted by atomic mass is 10.2. The zero-order chi connectivity index (χ0) is 17.6. The number of amides is 1. The molecular weight excluding hydrogens is 327 g/mol. The molecule has 2 rings (SSSR count). The quantitative estimate of drug-likeness (QED) is 0.824. The highest BCUT2D eigenvalue weighted by molar-refractivity contribution is 5.76. The summed E-state index contributed by atoms with van der Waals surface area (Å²) in [6.45, 7) is 1.14. The number of methoxy groups -OCH3 is 1. The number of benzene rings is 1. The molecule has 1 aromatic rings. The van der Waals surface area contributed by atoms with Gasteiger partial charge in [-0.25, -0.2) is 0 Å². The van der Waals surface area contributed by atoms with Gasteiger partial charge in [0, 0.05) is 13.2 Å². The summed E-state index contributed by atoms with van der Waals surface area (Å²) < 4.78 is 52.7. The summed E-state index contributed by atoms with van der Waals surface area (Å²) in [6.07, 6.45) is -3.97. The zero-order valence-corrected chi connectivity index (χ0v) is 13.3. The highest BCUT2D eigenvalue weighted by atomic mass is 19.4. The summed E-state index contributed by atoms with van der Waals surface area (Å²) in [5.74, 6) is -0.0888. The van der Waals surface area contributed by atoms with Crippen LogP contribution in [0, 0.1) is 0 Å². The van der Waals surface area contributed by atoms with Crippen molar-refractivity contribution >= 4 is 5.91 Å².